The first-order valence-corrected chi connectivity index (χ1v) is 5.85. The summed E-state index contributed by atoms with van der Waals surface area (Å²) in [6, 6.07) is 10.6. The summed E-state index contributed by atoms with van der Waals surface area (Å²) < 4.78 is 91.4. The Morgan fingerprint density at radius 1 is 1.11 bits per heavy atom. The third kappa shape index (κ3) is 2.53. The third-order valence-electron chi connectivity index (χ3n) is 2.95. The lowest BCUT2D eigenvalue weighted by Gasteiger charge is -2.29. The average molecular weight is 265 g/mol. The molecule has 3 rings (SSSR count). The molecule has 0 amide bonds. The Kier molecular flexibility index (Phi) is 1.47. The molecule has 0 spiro atoms. The zero-order valence-electron chi connectivity index (χ0n) is 21.0. The summed E-state index contributed by atoms with van der Waals surface area (Å²) in [6.45, 7) is 0. The molecule has 0 aliphatic heterocycles. The van der Waals surface area contributed by atoms with Crippen molar-refractivity contribution in [1.82, 2.24) is 0 Å². The molecule has 1 aliphatic rings. The van der Waals surface area contributed by atoms with E-state index in [9.17, 15) is 5.02 Å². The highest BCUT2D eigenvalue weighted by atomic mass is 16.4. The molecule has 1 saturated carbocycles. The molecule has 0 atom stereocenters. The van der Waals surface area contributed by atoms with Crippen molar-refractivity contribution in [3.05, 3.63) is 48.0 Å². The molecule has 0 radical (unpaired) electrons. The maximum absolute atomic E-state index is 10.0. The van der Waals surface area contributed by atoms with Crippen molar-refractivity contribution in [2.24, 2.45) is 0 Å². The maximum atomic E-state index is 10.0. The van der Waals surface area contributed by atoms with Gasteiger partial charge in [0.2, 0.25) is 0 Å². The van der Waals surface area contributed by atoms with Crippen molar-refractivity contribution >= 4 is 17.9 Å². The molecule has 0 saturated heterocycles. The van der Waals surface area contributed by atoms with Crippen LogP contribution in [0.25, 0.3) is 10.8 Å². The molecule has 2 aromatic rings. The molecule has 1 aliphatic carbocycles. The zero-order valence-corrected chi connectivity index (χ0v) is 9.97. The van der Waals surface area contributed by atoms with Gasteiger partial charge in [0.15, 0.2) is 1.43 Å². The van der Waals surface area contributed by atoms with E-state index in [0.717, 1.165) is 0 Å². The Morgan fingerprint density at radius 3 is 2.63 bits per heavy atom. The first-order chi connectivity index (χ1) is 13.6. The second-order valence-corrected chi connectivity index (χ2v) is 4.17. The predicted molar refractivity (Wildman–Crippen MR) is 79.1 cm³/mol. The normalized spacial score (nSPS) is 50.3. The molecule has 0 aromatic heterocycles. The van der Waals surface area contributed by atoms with Crippen LogP contribution in [0.2, 0.25) is 5.79 Å². The highest BCUT2D eigenvalue weighted by Crippen LogP contribution is 2.41. The maximum Gasteiger partial charge on any atom is 0.454 e. The Labute approximate surface area is 129 Å². The molecular formula is C16H19BO2. The lowest BCUT2D eigenvalue weighted by Crippen LogP contribution is -2.24. The minimum atomic E-state index is -3.66. The van der Waals surface area contributed by atoms with Gasteiger partial charge in [0.1, 0.15) is 0 Å². The van der Waals surface area contributed by atoms with E-state index in [1.54, 1.807) is 24.3 Å². The number of hydrogen-bond acceptors (Lipinski definition) is 2. The fourth-order valence-corrected chi connectivity index (χ4v) is 2.02. The molecule has 2 N–H and O–H groups in total. The topological polar surface area (TPSA) is 40.5 Å². The third-order valence-corrected chi connectivity index (χ3v) is 2.95. The van der Waals surface area contributed by atoms with Crippen LogP contribution in [0.4, 0.5) is 0 Å². The van der Waals surface area contributed by atoms with Gasteiger partial charge >= 0.3 is 7.12 Å². The van der Waals surface area contributed by atoms with E-state index < -0.39 is 44.3 Å². The molecule has 98 valence electrons. The van der Waals surface area contributed by atoms with E-state index in [-0.39, 0.29) is 10.9 Å². The molecule has 0 unspecified atom stereocenters. The van der Waals surface area contributed by atoms with E-state index >= 15 is 0 Å². The summed E-state index contributed by atoms with van der Waals surface area (Å²) in [5.74, 6) is -6.79. The van der Waals surface area contributed by atoms with Gasteiger partial charge in [-0.15, -0.1) is 0 Å². The van der Waals surface area contributed by atoms with Crippen LogP contribution < -0.4 is 0 Å². The SMILES string of the molecule is [2H]OB(O)C1([2H])C([2H])([2H])C([2H])([2H])C([2H])(c2cccc3ccccc23)C([2H])([2H])C1([2H])[2H]. The van der Waals surface area contributed by atoms with Gasteiger partial charge in [-0.05, 0) is 40.8 Å². The highest BCUT2D eigenvalue weighted by molar-refractivity contribution is 6.43. The minimum absolute atomic E-state index is 0.226. The van der Waals surface area contributed by atoms with Crippen molar-refractivity contribution in [3.63, 3.8) is 0 Å². The minimum Gasteiger partial charge on any atom is -0.427 e. The van der Waals surface area contributed by atoms with Gasteiger partial charge in [0, 0.05) is 13.7 Å². The number of hydrogen-bond donors (Lipinski definition) is 2. The summed E-state index contributed by atoms with van der Waals surface area (Å²) in [5, 5.41) is 14.6. The van der Waals surface area contributed by atoms with E-state index in [1.165, 1.54) is 18.2 Å². The van der Waals surface area contributed by atoms with Gasteiger partial charge in [0.05, 0.1) is 0 Å². The van der Waals surface area contributed by atoms with E-state index in [0.29, 0.717) is 5.39 Å². The van der Waals surface area contributed by atoms with Gasteiger partial charge in [0.25, 0.3) is 0 Å². The lowest BCUT2D eigenvalue weighted by atomic mass is 9.62. The monoisotopic (exact) mass is 265 g/mol. The summed E-state index contributed by atoms with van der Waals surface area (Å²) in [5.41, 5.74) is -0.299. The summed E-state index contributed by atoms with van der Waals surface area (Å²) in [7, 11) is -2.83. The van der Waals surface area contributed by atoms with Crippen LogP contribution in [0.5, 0.6) is 0 Å². The summed E-state index contributed by atoms with van der Waals surface area (Å²) in [6.07, 6.45) is -14.4. The van der Waals surface area contributed by atoms with Crippen molar-refractivity contribution in [1.29, 1.82) is 1.43 Å². The van der Waals surface area contributed by atoms with Crippen LogP contribution in [0.1, 0.15) is 50.7 Å². The van der Waals surface area contributed by atoms with Crippen LogP contribution in [-0.2, 0) is 0 Å². The molecule has 3 heteroatoms. The Balaban J connectivity index is 2.48. The first-order valence-electron chi connectivity index (χ1n) is 11.3. The van der Waals surface area contributed by atoms with E-state index in [4.69, 9.17) is 15.1 Å². The smallest absolute Gasteiger partial charge is 0.427 e. The first kappa shape index (κ1) is 5.23. The lowest BCUT2D eigenvalue weighted by molar-refractivity contribution is 0.339. The zero-order chi connectivity index (χ0) is 23.0. The van der Waals surface area contributed by atoms with Crippen LogP contribution in [-0.4, -0.2) is 18.6 Å². The van der Waals surface area contributed by atoms with Gasteiger partial charge < -0.3 is 10.1 Å². The molecule has 2 nitrogen and oxygen atoms in total. The van der Waals surface area contributed by atoms with E-state index in [2.05, 4.69) is 5.03 Å². The standard InChI is InChI=1S/C16H19BO2/c18-17(19)14-10-8-13(9-11-14)16-7-3-5-12-4-1-2-6-15(12)16/h1-7,13-14,18-19H,8-11H2/i8D2,9D2,10D2,11D2,13D,14D,18D. The number of benzene rings is 2. The van der Waals surface area contributed by atoms with Crippen molar-refractivity contribution < 1.29 is 23.8 Å². The second-order valence-electron chi connectivity index (χ2n) is 4.17. The van der Waals surface area contributed by atoms with Crippen LogP contribution in [0.15, 0.2) is 42.5 Å². The van der Waals surface area contributed by atoms with Gasteiger partial charge in [-0.25, -0.2) is 0 Å². The number of fused-ring (bicyclic) bond motifs is 1. The predicted octanol–water partition coefficient (Wildman–Crippen LogP) is 3.34. The van der Waals surface area contributed by atoms with Crippen LogP contribution in [0.3, 0.4) is 0 Å². The molecule has 0 heterocycles. The average Bonchev–Trinajstić information content (AvgIpc) is 2.69. The Hall–Kier alpha value is -1.32. The molecule has 1 fully saturated rings. The Morgan fingerprint density at radius 2 is 1.84 bits per heavy atom. The molecular weight excluding hydrogens is 235 g/mol. The van der Waals surface area contributed by atoms with Gasteiger partial charge in [-0.1, -0.05) is 55.2 Å². The number of rotatable bonds is 3. The second kappa shape index (κ2) is 5.36. The largest absolute Gasteiger partial charge is 0.454 e. The van der Waals surface area contributed by atoms with Crippen molar-refractivity contribution in [2.45, 2.75) is 37.2 Å². The van der Waals surface area contributed by atoms with Gasteiger partial charge in [-0.2, -0.15) is 0 Å². The summed E-state index contributed by atoms with van der Waals surface area (Å²) in [4.78, 5) is 0. The molecule has 19 heavy (non-hydrogen) atoms. The quantitative estimate of drug-likeness (QED) is 0.835. The fourth-order valence-electron chi connectivity index (χ4n) is 2.02. The molecule has 0 bridgehead atoms. The van der Waals surface area contributed by atoms with E-state index in [1.807, 2.05) is 0 Å². The Bertz CT molecular complexity index is 947. The molecule has 2 aromatic carbocycles. The highest BCUT2D eigenvalue weighted by Gasteiger charge is 2.30. The fraction of sp³-hybridized carbons (Fsp3) is 0.375. The van der Waals surface area contributed by atoms with Crippen molar-refractivity contribution in [3.8, 4) is 0 Å². The van der Waals surface area contributed by atoms with Crippen LogP contribution in [0, 0.1) is 0 Å². The van der Waals surface area contributed by atoms with Crippen LogP contribution >= 0.6 is 0 Å². The van der Waals surface area contributed by atoms with Gasteiger partial charge in [-0.3, -0.25) is 0 Å². The van der Waals surface area contributed by atoms with Crippen molar-refractivity contribution in [2.75, 3.05) is 0 Å². The summed E-state index contributed by atoms with van der Waals surface area (Å²) >= 11 is 0.